The highest BCUT2D eigenvalue weighted by Gasteiger charge is 2.31. The zero-order chi connectivity index (χ0) is 12.6. The fourth-order valence-electron chi connectivity index (χ4n) is 2.63. The van der Waals surface area contributed by atoms with Gasteiger partial charge in [-0.05, 0) is 66.0 Å². The van der Waals surface area contributed by atoms with Crippen molar-refractivity contribution in [2.75, 3.05) is 20.1 Å². The molecule has 94 valence electrons. The lowest BCUT2D eigenvalue weighted by Crippen LogP contribution is -2.21. The first-order valence-corrected chi connectivity index (χ1v) is 6.68. The van der Waals surface area contributed by atoms with E-state index in [9.17, 15) is 4.39 Å². The first-order chi connectivity index (χ1) is 8.02. The third-order valence-corrected chi connectivity index (χ3v) is 4.36. The fourth-order valence-corrected chi connectivity index (χ4v) is 3.13. The molecule has 1 aromatic rings. The Balaban J connectivity index is 2.34. The monoisotopic (exact) mass is 300 g/mol. The zero-order valence-electron chi connectivity index (χ0n) is 10.2. The second kappa shape index (κ2) is 5.04. The second-order valence-electron chi connectivity index (χ2n) is 4.94. The van der Waals surface area contributed by atoms with Gasteiger partial charge in [-0.25, -0.2) is 4.39 Å². The highest BCUT2D eigenvalue weighted by molar-refractivity contribution is 9.10. The summed E-state index contributed by atoms with van der Waals surface area (Å²) in [6.07, 6.45) is 1.01. The van der Waals surface area contributed by atoms with Crippen LogP contribution in [0.25, 0.3) is 0 Å². The fraction of sp³-hybridized carbons (Fsp3) is 0.538. The largest absolute Gasteiger partial charge is 0.330 e. The molecule has 1 saturated heterocycles. The van der Waals surface area contributed by atoms with E-state index in [1.807, 2.05) is 6.92 Å². The van der Waals surface area contributed by atoms with Gasteiger partial charge in [-0.1, -0.05) is 6.07 Å². The van der Waals surface area contributed by atoms with Gasteiger partial charge in [0.25, 0.3) is 0 Å². The Morgan fingerprint density at radius 2 is 2.24 bits per heavy atom. The summed E-state index contributed by atoms with van der Waals surface area (Å²) in [6.45, 7) is 3.62. The van der Waals surface area contributed by atoms with Gasteiger partial charge in [0.05, 0.1) is 4.47 Å². The van der Waals surface area contributed by atoms with E-state index >= 15 is 0 Å². The number of hydrogen-bond donors (Lipinski definition) is 1. The van der Waals surface area contributed by atoms with Crippen molar-refractivity contribution in [1.29, 1.82) is 0 Å². The molecule has 4 heteroatoms. The molecule has 1 heterocycles. The maximum Gasteiger partial charge on any atom is 0.137 e. The summed E-state index contributed by atoms with van der Waals surface area (Å²) in [6, 6.07) is 3.89. The van der Waals surface area contributed by atoms with Crippen LogP contribution in [0, 0.1) is 18.7 Å². The Morgan fingerprint density at radius 1 is 1.53 bits per heavy atom. The molecule has 1 fully saturated rings. The summed E-state index contributed by atoms with van der Waals surface area (Å²) in [5.41, 5.74) is 7.73. The van der Waals surface area contributed by atoms with Crippen molar-refractivity contribution < 1.29 is 4.39 Å². The van der Waals surface area contributed by atoms with Crippen LogP contribution in [-0.2, 0) is 0 Å². The average Bonchev–Trinajstić information content (AvgIpc) is 2.65. The summed E-state index contributed by atoms with van der Waals surface area (Å²) < 4.78 is 14.3. The molecule has 2 unspecified atom stereocenters. The number of nitrogens with two attached hydrogens (primary N) is 1. The van der Waals surface area contributed by atoms with Crippen molar-refractivity contribution in [3.63, 3.8) is 0 Å². The quantitative estimate of drug-likeness (QED) is 0.910. The maximum atomic E-state index is 13.7. The van der Waals surface area contributed by atoms with Gasteiger partial charge in [-0.3, -0.25) is 4.90 Å². The number of halogens is 2. The zero-order valence-corrected chi connectivity index (χ0v) is 11.8. The minimum Gasteiger partial charge on any atom is -0.330 e. The summed E-state index contributed by atoms with van der Waals surface area (Å²) in [4.78, 5) is 2.26. The minimum absolute atomic E-state index is 0.176. The van der Waals surface area contributed by atoms with E-state index in [0.29, 0.717) is 16.9 Å². The molecule has 0 saturated carbocycles. The SMILES string of the molecule is Cc1cc(F)c(Br)c(C2CC(CN)CN2C)c1. The Bertz CT molecular complexity index is 422. The van der Waals surface area contributed by atoms with Crippen molar-refractivity contribution in [3.05, 3.63) is 33.5 Å². The van der Waals surface area contributed by atoms with Crippen molar-refractivity contribution in [1.82, 2.24) is 4.90 Å². The van der Waals surface area contributed by atoms with Crippen LogP contribution in [0.3, 0.4) is 0 Å². The van der Waals surface area contributed by atoms with Crippen molar-refractivity contribution in [3.8, 4) is 0 Å². The lowest BCUT2D eigenvalue weighted by atomic mass is 9.98. The molecule has 1 aliphatic heterocycles. The van der Waals surface area contributed by atoms with Gasteiger partial charge in [0.15, 0.2) is 0 Å². The van der Waals surface area contributed by atoms with Crippen LogP contribution in [0.15, 0.2) is 16.6 Å². The molecule has 0 amide bonds. The van der Waals surface area contributed by atoms with Crippen LogP contribution in [-0.4, -0.2) is 25.0 Å². The predicted octanol–water partition coefficient (Wildman–Crippen LogP) is 2.85. The Kier molecular flexibility index (Phi) is 3.85. The lowest BCUT2D eigenvalue weighted by Gasteiger charge is -2.21. The molecular weight excluding hydrogens is 283 g/mol. The van der Waals surface area contributed by atoms with Gasteiger partial charge >= 0.3 is 0 Å². The molecule has 1 aliphatic rings. The van der Waals surface area contributed by atoms with Gasteiger partial charge in [-0.2, -0.15) is 0 Å². The van der Waals surface area contributed by atoms with E-state index in [2.05, 4.69) is 33.9 Å². The molecule has 1 aromatic carbocycles. The number of rotatable bonds is 2. The summed E-state index contributed by atoms with van der Waals surface area (Å²) in [7, 11) is 2.08. The van der Waals surface area contributed by atoms with Crippen LogP contribution in [0.1, 0.15) is 23.6 Å². The first-order valence-electron chi connectivity index (χ1n) is 5.88. The van der Waals surface area contributed by atoms with E-state index in [1.165, 1.54) is 0 Å². The second-order valence-corrected chi connectivity index (χ2v) is 5.74. The molecular formula is C13H18BrFN2. The van der Waals surface area contributed by atoms with E-state index < -0.39 is 0 Å². The van der Waals surface area contributed by atoms with Crippen LogP contribution in [0.4, 0.5) is 4.39 Å². The topological polar surface area (TPSA) is 29.3 Å². The summed E-state index contributed by atoms with van der Waals surface area (Å²) >= 11 is 3.36. The third-order valence-electron chi connectivity index (χ3n) is 3.53. The Morgan fingerprint density at radius 3 is 2.82 bits per heavy atom. The van der Waals surface area contributed by atoms with Crippen LogP contribution < -0.4 is 5.73 Å². The van der Waals surface area contributed by atoms with E-state index in [1.54, 1.807) is 6.07 Å². The summed E-state index contributed by atoms with van der Waals surface area (Å²) in [5.74, 6) is 0.338. The number of nitrogens with zero attached hydrogens (tertiary/aromatic N) is 1. The molecule has 0 aliphatic carbocycles. The van der Waals surface area contributed by atoms with E-state index in [4.69, 9.17) is 5.73 Å². The van der Waals surface area contributed by atoms with Gasteiger partial charge in [0, 0.05) is 12.6 Å². The van der Waals surface area contributed by atoms with Crippen molar-refractivity contribution >= 4 is 15.9 Å². The minimum atomic E-state index is -0.176. The highest BCUT2D eigenvalue weighted by atomic mass is 79.9. The van der Waals surface area contributed by atoms with E-state index in [-0.39, 0.29) is 11.9 Å². The number of hydrogen-bond acceptors (Lipinski definition) is 2. The normalized spacial score (nSPS) is 25.5. The lowest BCUT2D eigenvalue weighted by molar-refractivity contribution is 0.312. The Labute approximate surface area is 110 Å². The molecule has 17 heavy (non-hydrogen) atoms. The smallest absolute Gasteiger partial charge is 0.137 e. The third kappa shape index (κ3) is 2.54. The van der Waals surface area contributed by atoms with Crippen molar-refractivity contribution in [2.24, 2.45) is 11.7 Å². The number of benzene rings is 1. The molecule has 0 radical (unpaired) electrons. The van der Waals surface area contributed by atoms with E-state index in [0.717, 1.165) is 24.1 Å². The summed E-state index contributed by atoms with van der Waals surface area (Å²) in [5, 5.41) is 0. The average molecular weight is 301 g/mol. The van der Waals surface area contributed by atoms with Gasteiger partial charge in [0.2, 0.25) is 0 Å². The molecule has 2 nitrogen and oxygen atoms in total. The first kappa shape index (κ1) is 13.0. The molecule has 0 spiro atoms. The van der Waals surface area contributed by atoms with Gasteiger partial charge in [-0.15, -0.1) is 0 Å². The number of likely N-dealkylation sites (tertiary alicyclic amines) is 1. The molecule has 2 atom stereocenters. The van der Waals surface area contributed by atoms with Crippen LogP contribution >= 0.6 is 15.9 Å². The molecule has 2 rings (SSSR count). The molecule has 0 bridgehead atoms. The molecule has 2 N–H and O–H groups in total. The van der Waals surface area contributed by atoms with Gasteiger partial charge in [0.1, 0.15) is 5.82 Å². The van der Waals surface area contributed by atoms with Crippen LogP contribution in [0.2, 0.25) is 0 Å². The van der Waals surface area contributed by atoms with Crippen molar-refractivity contribution in [2.45, 2.75) is 19.4 Å². The number of aryl methyl sites for hydroxylation is 1. The standard InChI is InChI=1S/C13H18BrFN2/c1-8-3-10(13(14)11(15)4-8)12-5-9(6-16)7-17(12)2/h3-4,9,12H,5-7,16H2,1-2H3. The highest BCUT2D eigenvalue weighted by Crippen LogP contribution is 2.38. The van der Waals surface area contributed by atoms with Crippen LogP contribution in [0.5, 0.6) is 0 Å². The molecule has 0 aromatic heterocycles. The predicted molar refractivity (Wildman–Crippen MR) is 71.4 cm³/mol. The maximum absolute atomic E-state index is 13.7. The van der Waals surface area contributed by atoms with Gasteiger partial charge < -0.3 is 5.73 Å². The Hall–Kier alpha value is -0.450.